The summed E-state index contributed by atoms with van der Waals surface area (Å²) in [7, 11) is -7.37. The van der Waals surface area contributed by atoms with Gasteiger partial charge in [0.15, 0.2) is 6.00 Å². The van der Waals surface area contributed by atoms with Crippen LogP contribution >= 0.6 is 11.6 Å². The first-order valence-electron chi connectivity index (χ1n) is 30.7. The van der Waals surface area contributed by atoms with E-state index in [2.05, 4.69) is 32.6 Å². The zero-order valence-electron chi connectivity index (χ0n) is 48.1. The normalized spacial score (nSPS) is 28.4. The topological polar surface area (TPSA) is 156 Å². The van der Waals surface area contributed by atoms with Crippen molar-refractivity contribution in [3.05, 3.63) is 130 Å². The number of halogens is 3. The summed E-state index contributed by atoms with van der Waals surface area (Å²) in [5.74, 6) is 1.29. The molecule has 2 amide bonds. The van der Waals surface area contributed by atoms with E-state index in [0.717, 1.165) is 42.0 Å². The molecule has 5 aliphatic heterocycles. The van der Waals surface area contributed by atoms with Gasteiger partial charge >= 0.3 is 0 Å². The molecule has 0 spiro atoms. The van der Waals surface area contributed by atoms with Crippen molar-refractivity contribution in [3.8, 4) is 0 Å². The first-order valence-corrected chi connectivity index (χ1v) is 34.3. The van der Waals surface area contributed by atoms with Crippen LogP contribution in [0.1, 0.15) is 110 Å². The van der Waals surface area contributed by atoms with Gasteiger partial charge in [-0.15, -0.1) is 0 Å². The number of fused-ring (bicyclic) bond motifs is 5. The molecule has 19 heteroatoms. The SMILES string of the molecule is ClC[N+]12CC[NH+](CC1)CC2.F.O=C(C1CCC(NS(=O)(=O)c2ccc3c(c2)CC(c2ccccc2)=C3)CC1)N1CCOC[C@@H]1C1CC1.O=C(C1CCC(NS(=O)(=O)c2ccc3c(c2)CC(c2ccccc2)=C3F)CC1)N1CCOC[C@@H]1C1CC1. The lowest BCUT2D eigenvalue weighted by molar-refractivity contribution is -1.07. The lowest BCUT2D eigenvalue weighted by Crippen LogP contribution is -3.19. The van der Waals surface area contributed by atoms with Gasteiger partial charge in [0, 0.05) is 54.6 Å². The number of quaternary nitrogens is 2. The molecular formula is C65H83ClF2N6O8S2+2. The number of benzene rings is 4. The van der Waals surface area contributed by atoms with Crippen molar-refractivity contribution in [2.45, 2.75) is 124 Å². The largest absolute Gasteiger partial charge is 0.377 e. The maximum atomic E-state index is 15.1. The first-order chi connectivity index (χ1) is 40.2. The fraction of sp³-hybridized carbons (Fsp3) is 0.538. The molecule has 5 heterocycles. The van der Waals surface area contributed by atoms with Crippen LogP contribution in [0.15, 0.2) is 107 Å². The smallest absolute Gasteiger partial charge is 0.240 e. The van der Waals surface area contributed by atoms with E-state index < -0.39 is 20.0 Å². The molecule has 0 radical (unpaired) electrons. The van der Waals surface area contributed by atoms with Crippen LogP contribution in [0, 0.1) is 23.7 Å². The third kappa shape index (κ3) is 13.8. The summed E-state index contributed by atoms with van der Waals surface area (Å²) in [5.41, 5.74) is 7.05. The van der Waals surface area contributed by atoms with E-state index >= 15 is 4.39 Å². The second-order valence-electron chi connectivity index (χ2n) is 25.2. The Morgan fingerprint density at radius 2 is 1.08 bits per heavy atom. The molecule has 4 aromatic carbocycles. The maximum absolute atomic E-state index is 15.1. The van der Waals surface area contributed by atoms with Gasteiger partial charge in [-0.25, -0.2) is 30.7 Å². The van der Waals surface area contributed by atoms with Crippen LogP contribution in [-0.4, -0.2) is 152 Å². The standard InChI is InChI=1S/C29H33FN2O4S.C29H34N2O4S.C7H14ClN2.FH/c30-28-25-13-12-24(16-22(25)17-26(28)19-4-2-1-3-5-19)37(34,35)31-23-10-8-21(9-11-23)29(33)32-14-15-36-18-27(32)20-6-7-20;32-29(31-14-15-35-19-28(31)21-6-7-21)22-8-11-26(12-9-22)30-36(33,34)27-13-10-23-16-24(17-25(23)18-27)20-4-2-1-3-5-20;8-7-10-4-1-9(2-5-10)3-6-10;/h1-5,12-13,16,20-21,23,27,31H,6-11,14-15,17-18H2;1-5,10,13,16,18,21-22,26,28,30H,6-9,11-12,14-15,17,19H2;1-7H2;1H/q;;+1;/p+1/t21?,23?,27-;22?,26?,28-;;/m11../s1. The number of carbonyl (C=O) groups excluding carboxylic acids is 2. The maximum Gasteiger partial charge on any atom is 0.240 e. The lowest BCUT2D eigenvalue weighted by atomic mass is 9.85. The lowest BCUT2D eigenvalue weighted by Gasteiger charge is -2.46. The van der Waals surface area contributed by atoms with Gasteiger partial charge in [0.25, 0.3) is 0 Å². The number of hydrogen-bond acceptors (Lipinski definition) is 8. The van der Waals surface area contributed by atoms with Gasteiger partial charge in [-0.2, -0.15) is 0 Å². The average Bonchev–Trinajstić information content (AvgIpc) is 4.50. The zero-order valence-corrected chi connectivity index (χ0v) is 50.5. The van der Waals surface area contributed by atoms with Crippen LogP contribution in [0.25, 0.3) is 23.0 Å². The molecule has 2 bridgehead atoms. The summed E-state index contributed by atoms with van der Waals surface area (Å²) in [4.78, 5) is 32.9. The van der Waals surface area contributed by atoms with Crippen molar-refractivity contribution in [2.24, 2.45) is 23.7 Å². The molecule has 11 aliphatic rings. The summed E-state index contributed by atoms with van der Waals surface area (Å²) < 4.78 is 86.2. The quantitative estimate of drug-likeness (QED) is 0.0695. The van der Waals surface area contributed by atoms with E-state index in [1.165, 1.54) is 86.6 Å². The molecular weight excluding hydrogens is 1130 g/mol. The van der Waals surface area contributed by atoms with E-state index in [9.17, 15) is 26.4 Å². The highest BCUT2D eigenvalue weighted by Gasteiger charge is 2.44. The Kier molecular flexibility index (Phi) is 19.0. The molecule has 14 nitrogen and oxygen atoms in total. The number of nitrogens with one attached hydrogen (secondary N) is 3. The number of ether oxygens (including phenoxy) is 2. The van der Waals surface area contributed by atoms with E-state index in [-0.39, 0.29) is 63.2 Å². The Balaban J connectivity index is 0.000000149. The predicted octanol–water partition coefficient (Wildman–Crippen LogP) is 7.88. The fourth-order valence-electron chi connectivity index (χ4n) is 14.3. The zero-order chi connectivity index (χ0) is 57.3. The minimum absolute atomic E-state index is 0. The molecule has 452 valence electrons. The molecule has 4 aromatic rings. The number of rotatable bonds is 13. The molecule has 4 saturated carbocycles. The minimum Gasteiger partial charge on any atom is -0.377 e. The first kappa shape index (κ1) is 60.8. The summed E-state index contributed by atoms with van der Waals surface area (Å²) >= 11 is 5.92. The highest BCUT2D eigenvalue weighted by molar-refractivity contribution is 7.89. The Morgan fingerprint density at radius 1 is 0.607 bits per heavy atom. The Morgan fingerprint density at radius 3 is 1.56 bits per heavy atom. The van der Waals surface area contributed by atoms with Crippen molar-refractivity contribution in [3.63, 3.8) is 0 Å². The molecule has 15 rings (SSSR count). The predicted molar refractivity (Wildman–Crippen MR) is 323 cm³/mol. The van der Waals surface area contributed by atoms with E-state index in [4.69, 9.17) is 21.1 Å². The monoisotopic (exact) mass is 1210 g/mol. The summed E-state index contributed by atoms with van der Waals surface area (Å²) in [6.45, 7) is 11.9. The average molecular weight is 1210 g/mol. The van der Waals surface area contributed by atoms with Crippen LogP contribution in [-0.2, 0) is 52.0 Å². The van der Waals surface area contributed by atoms with Gasteiger partial charge in [-0.05, 0) is 153 Å². The number of hydrogen-bond donors (Lipinski definition) is 3. The summed E-state index contributed by atoms with van der Waals surface area (Å²) in [5, 5.41) is 0. The summed E-state index contributed by atoms with van der Waals surface area (Å²) in [6.07, 6.45) is 13.5. The van der Waals surface area contributed by atoms with Crippen LogP contribution in [0.5, 0.6) is 0 Å². The molecule has 2 atom stereocenters. The van der Waals surface area contributed by atoms with E-state index in [0.29, 0.717) is 118 Å². The fourth-order valence-corrected chi connectivity index (χ4v) is 17.4. The highest BCUT2D eigenvalue weighted by atomic mass is 35.5. The number of piperazine rings is 3. The number of morpholine rings is 2. The van der Waals surface area contributed by atoms with Crippen molar-refractivity contribution >= 4 is 66.5 Å². The molecule has 6 aliphatic carbocycles. The second kappa shape index (κ2) is 26.2. The van der Waals surface area contributed by atoms with Crippen LogP contribution < -0.4 is 14.3 Å². The van der Waals surface area contributed by atoms with Gasteiger partial charge < -0.3 is 24.2 Å². The number of allylic oxidation sites excluding steroid dienone is 2. The number of amides is 2. The molecule has 9 fully saturated rings. The summed E-state index contributed by atoms with van der Waals surface area (Å²) in [6, 6.07) is 30.6. The number of nitrogens with zero attached hydrogens (tertiary/aromatic N) is 3. The number of alkyl halides is 1. The Labute approximate surface area is 500 Å². The molecule has 84 heavy (non-hydrogen) atoms. The third-order valence-corrected chi connectivity index (χ3v) is 23.3. The van der Waals surface area contributed by atoms with E-state index in [1.807, 2.05) is 65.6 Å². The Bertz CT molecular complexity index is 3270. The van der Waals surface area contributed by atoms with E-state index in [1.54, 1.807) is 23.1 Å². The van der Waals surface area contributed by atoms with Gasteiger partial charge in [-0.3, -0.25) is 18.8 Å². The van der Waals surface area contributed by atoms with Crippen LogP contribution in [0.4, 0.5) is 9.09 Å². The van der Waals surface area contributed by atoms with Crippen molar-refractivity contribution in [2.75, 3.05) is 84.8 Å². The van der Waals surface area contributed by atoms with Crippen LogP contribution in [0.2, 0.25) is 0 Å². The van der Waals surface area contributed by atoms with Gasteiger partial charge in [0.1, 0.15) is 45.1 Å². The van der Waals surface area contributed by atoms with Crippen LogP contribution in [0.3, 0.4) is 0 Å². The van der Waals surface area contributed by atoms with Crippen molar-refractivity contribution < 1.29 is 54.4 Å². The number of sulfonamides is 2. The minimum atomic E-state index is -3.75. The van der Waals surface area contributed by atoms with Gasteiger partial charge in [-0.1, -0.05) is 90.5 Å². The molecule has 0 aromatic heterocycles. The Hall–Kier alpha value is -4.89. The second-order valence-corrected chi connectivity index (χ2v) is 28.9. The van der Waals surface area contributed by atoms with Gasteiger partial charge in [0.05, 0.1) is 48.3 Å². The molecule has 3 N–H and O–H groups in total. The molecule has 0 unspecified atom stereocenters. The van der Waals surface area contributed by atoms with Crippen molar-refractivity contribution in [1.29, 1.82) is 0 Å². The highest BCUT2D eigenvalue weighted by Crippen LogP contribution is 2.42. The molecule has 5 saturated heterocycles. The van der Waals surface area contributed by atoms with Crippen molar-refractivity contribution in [1.82, 2.24) is 19.2 Å². The third-order valence-electron chi connectivity index (χ3n) is 19.8. The van der Waals surface area contributed by atoms with Gasteiger partial charge in [0.2, 0.25) is 31.9 Å². The number of carbonyl (C=O) groups is 2.